The van der Waals surface area contributed by atoms with Crippen LogP contribution in [0.25, 0.3) is 0 Å². The molecule has 0 aromatic carbocycles. The molecule has 1 heterocycles. The maximum Gasteiger partial charge on any atom is 0.0906 e. The minimum atomic E-state index is -0.167. The summed E-state index contributed by atoms with van der Waals surface area (Å²) in [6.07, 6.45) is 3.29. The molecule has 1 aliphatic heterocycles. The Morgan fingerprint density at radius 3 is 2.71 bits per heavy atom. The highest BCUT2D eigenvalue weighted by Crippen LogP contribution is 2.27. The highest BCUT2D eigenvalue weighted by molar-refractivity contribution is 4.83. The molecule has 1 aliphatic rings. The van der Waals surface area contributed by atoms with Gasteiger partial charge in [0.15, 0.2) is 0 Å². The van der Waals surface area contributed by atoms with Crippen molar-refractivity contribution in [1.82, 2.24) is 4.90 Å². The Morgan fingerprint density at radius 2 is 2.14 bits per heavy atom. The third-order valence-corrected chi connectivity index (χ3v) is 3.06. The number of likely N-dealkylation sites (tertiary alicyclic amines) is 1. The molecule has 0 N–H and O–H groups in total. The number of hydrogen-bond donors (Lipinski definition) is 0. The molecule has 1 nitrogen and oxygen atoms in total. The van der Waals surface area contributed by atoms with Crippen molar-refractivity contribution in [3.8, 4) is 0 Å². The van der Waals surface area contributed by atoms with Gasteiger partial charge in [0.05, 0.1) is 6.67 Å². The van der Waals surface area contributed by atoms with E-state index in [9.17, 15) is 4.39 Å². The van der Waals surface area contributed by atoms with Gasteiger partial charge < -0.3 is 4.90 Å². The molecule has 0 radical (unpaired) electrons. The molecule has 2 heteroatoms. The summed E-state index contributed by atoms with van der Waals surface area (Å²) in [6, 6.07) is 0.719. The molecule has 2 unspecified atom stereocenters. The summed E-state index contributed by atoms with van der Waals surface area (Å²) in [5.74, 6) is 1.57. The van der Waals surface area contributed by atoms with E-state index in [-0.39, 0.29) is 6.67 Å². The lowest BCUT2D eigenvalue weighted by molar-refractivity contribution is 0.215. The molecular weight excluding hydrogens is 177 g/mol. The van der Waals surface area contributed by atoms with Crippen LogP contribution in [0.1, 0.15) is 40.0 Å². The predicted octanol–water partition coefficient (Wildman–Crippen LogP) is 3.10. The zero-order valence-corrected chi connectivity index (χ0v) is 9.80. The summed E-state index contributed by atoms with van der Waals surface area (Å²) < 4.78 is 12.1. The number of alkyl halides is 1. The summed E-state index contributed by atoms with van der Waals surface area (Å²) >= 11 is 0. The number of hydrogen-bond acceptors (Lipinski definition) is 1. The average Bonchev–Trinajstić information content (AvgIpc) is 2.41. The molecule has 0 saturated carbocycles. The van der Waals surface area contributed by atoms with E-state index in [2.05, 4.69) is 25.7 Å². The molecular formula is C12H24FN. The van der Waals surface area contributed by atoms with Crippen LogP contribution in [0.15, 0.2) is 0 Å². The molecule has 1 rings (SSSR count). The van der Waals surface area contributed by atoms with Gasteiger partial charge in [-0.05, 0) is 31.1 Å². The largest absolute Gasteiger partial charge is 0.300 e. The Hall–Kier alpha value is -0.110. The van der Waals surface area contributed by atoms with Gasteiger partial charge in [-0.2, -0.15) is 0 Å². The van der Waals surface area contributed by atoms with Crippen molar-refractivity contribution < 1.29 is 4.39 Å². The van der Waals surface area contributed by atoms with E-state index >= 15 is 0 Å². The summed E-state index contributed by atoms with van der Waals surface area (Å²) in [5.41, 5.74) is 0. The van der Waals surface area contributed by atoms with Crippen LogP contribution in [-0.2, 0) is 0 Å². The second-order valence-electron chi connectivity index (χ2n) is 5.16. The first-order valence-electron chi connectivity index (χ1n) is 5.93. The molecule has 0 spiro atoms. The van der Waals surface area contributed by atoms with Gasteiger partial charge in [0.1, 0.15) is 0 Å². The van der Waals surface area contributed by atoms with Gasteiger partial charge in [0.2, 0.25) is 0 Å². The van der Waals surface area contributed by atoms with Crippen LogP contribution >= 0.6 is 0 Å². The Balaban J connectivity index is 2.37. The lowest BCUT2D eigenvalue weighted by Crippen LogP contribution is -2.31. The molecule has 0 bridgehead atoms. The number of rotatable bonds is 5. The molecule has 2 atom stereocenters. The molecule has 0 amide bonds. The lowest BCUT2D eigenvalue weighted by Gasteiger charge is -2.25. The van der Waals surface area contributed by atoms with Crippen LogP contribution in [0.4, 0.5) is 4.39 Å². The van der Waals surface area contributed by atoms with E-state index in [4.69, 9.17) is 0 Å². The standard InChI is InChI=1S/C12H24FN/c1-10(2)7-12-8-11(3)9-14(12)6-4-5-13/h10-12H,4-9H2,1-3H3. The van der Waals surface area contributed by atoms with Crippen LogP contribution < -0.4 is 0 Å². The normalized spacial score (nSPS) is 28.9. The van der Waals surface area contributed by atoms with E-state index < -0.39 is 0 Å². The fourth-order valence-corrected chi connectivity index (χ4v) is 2.56. The molecule has 0 aromatic heterocycles. The van der Waals surface area contributed by atoms with Gasteiger partial charge in [-0.1, -0.05) is 20.8 Å². The quantitative estimate of drug-likeness (QED) is 0.660. The summed E-state index contributed by atoms with van der Waals surface area (Å²) in [7, 11) is 0. The van der Waals surface area contributed by atoms with Gasteiger partial charge in [0.25, 0.3) is 0 Å². The van der Waals surface area contributed by atoms with Crippen molar-refractivity contribution in [1.29, 1.82) is 0 Å². The zero-order chi connectivity index (χ0) is 10.6. The number of nitrogens with zero attached hydrogens (tertiary/aromatic N) is 1. The number of halogens is 1. The van der Waals surface area contributed by atoms with Crippen LogP contribution in [0.2, 0.25) is 0 Å². The predicted molar refractivity (Wildman–Crippen MR) is 59.2 cm³/mol. The Kier molecular flexibility index (Phi) is 4.86. The van der Waals surface area contributed by atoms with E-state index in [1.165, 1.54) is 19.4 Å². The molecule has 0 aliphatic carbocycles. The van der Waals surface area contributed by atoms with E-state index in [1.54, 1.807) is 0 Å². The van der Waals surface area contributed by atoms with Crippen molar-refractivity contribution in [2.45, 2.75) is 46.1 Å². The maximum absolute atomic E-state index is 12.1. The van der Waals surface area contributed by atoms with Crippen molar-refractivity contribution in [3.63, 3.8) is 0 Å². The first-order chi connectivity index (χ1) is 6.63. The van der Waals surface area contributed by atoms with Gasteiger partial charge in [-0.15, -0.1) is 0 Å². The lowest BCUT2D eigenvalue weighted by atomic mass is 9.99. The Bertz CT molecular complexity index is 158. The van der Waals surface area contributed by atoms with Gasteiger partial charge in [-0.3, -0.25) is 4.39 Å². The van der Waals surface area contributed by atoms with E-state index in [0.717, 1.165) is 24.4 Å². The summed E-state index contributed by atoms with van der Waals surface area (Å²) in [4.78, 5) is 2.49. The van der Waals surface area contributed by atoms with E-state index in [0.29, 0.717) is 6.42 Å². The monoisotopic (exact) mass is 201 g/mol. The van der Waals surface area contributed by atoms with E-state index in [1.807, 2.05) is 0 Å². The second-order valence-corrected chi connectivity index (χ2v) is 5.16. The van der Waals surface area contributed by atoms with Gasteiger partial charge in [0, 0.05) is 19.1 Å². The Morgan fingerprint density at radius 1 is 1.43 bits per heavy atom. The molecule has 0 aromatic rings. The SMILES string of the molecule is CC(C)CC1CC(C)CN1CCCF. The second kappa shape index (κ2) is 5.69. The highest BCUT2D eigenvalue weighted by atomic mass is 19.1. The van der Waals surface area contributed by atoms with Crippen LogP contribution in [0.5, 0.6) is 0 Å². The summed E-state index contributed by atoms with van der Waals surface area (Å²) in [6.45, 7) is 8.82. The molecule has 84 valence electrons. The van der Waals surface area contributed by atoms with Crippen LogP contribution in [0, 0.1) is 11.8 Å². The van der Waals surface area contributed by atoms with Crippen molar-refractivity contribution in [2.75, 3.05) is 19.8 Å². The van der Waals surface area contributed by atoms with Gasteiger partial charge >= 0.3 is 0 Å². The molecule has 1 fully saturated rings. The third kappa shape index (κ3) is 3.56. The first kappa shape index (κ1) is 12.0. The van der Waals surface area contributed by atoms with Crippen molar-refractivity contribution in [3.05, 3.63) is 0 Å². The smallest absolute Gasteiger partial charge is 0.0906 e. The molecule has 14 heavy (non-hydrogen) atoms. The fourth-order valence-electron chi connectivity index (χ4n) is 2.56. The van der Waals surface area contributed by atoms with Crippen molar-refractivity contribution in [2.24, 2.45) is 11.8 Å². The Labute approximate surface area is 87.7 Å². The van der Waals surface area contributed by atoms with Crippen LogP contribution in [-0.4, -0.2) is 30.7 Å². The zero-order valence-electron chi connectivity index (χ0n) is 9.80. The minimum Gasteiger partial charge on any atom is -0.300 e. The third-order valence-electron chi connectivity index (χ3n) is 3.06. The first-order valence-corrected chi connectivity index (χ1v) is 5.93. The fraction of sp³-hybridized carbons (Fsp3) is 1.00. The molecule has 1 saturated heterocycles. The van der Waals surface area contributed by atoms with Gasteiger partial charge in [-0.25, -0.2) is 0 Å². The maximum atomic E-state index is 12.1. The average molecular weight is 201 g/mol. The highest BCUT2D eigenvalue weighted by Gasteiger charge is 2.29. The minimum absolute atomic E-state index is 0.167. The topological polar surface area (TPSA) is 3.24 Å². The summed E-state index contributed by atoms with van der Waals surface area (Å²) in [5, 5.41) is 0. The van der Waals surface area contributed by atoms with Crippen LogP contribution in [0.3, 0.4) is 0 Å². The van der Waals surface area contributed by atoms with Crippen molar-refractivity contribution >= 4 is 0 Å².